The highest BCUT2D eigenvalue weighted by Gasteiger charge is 2.20. The number of primary amides is 1. The van der Waals surface area contributed by atoms with Crippen LogP contribution >= 0.6 is 11.3 Å². The lowest BCUT2D eigenvalue weighted by Crippen LogP contribution is -2.37. The van der Waals surface area contributed by atoms with Crippen molar-refractivity contribution in [3.05, 3.63) is 51.7 Å². The molecular weight excluding hydrogens is 286 g/mol. The Hall–Kier alpha value is -2.34. The van der Waals surface area contributed by atoms with Gasteiger partial charge in [0.25, 0.3) is 5.91 Å². The standard InChI is InChI=1S/C15H17N3O2S/c1-10-6-7-21-14(10)15(20)18(9-13(17)19)8-11-2-4-12(16)5-3-11/h2-7H,8-9,16H2,1H3,(H2,17,19). The maximum Gasteiger partial charge on any atom is 0.264 e. The van der Waals surface area contributed by atoms with Crippen molar-refractivity contribution in [3.63, 3.8) is 0 Å². The van der Waals surface area contributed by atoms with Gasteiger partial charge in [0.05, 0.1) is 4.88 Å². The molecule has 0 atom stereocenters. The van der Waals surface area contributed by atoms with Gasteiger partial charge in [-0.2, -0.15) is 0 Å². The van der Waals surface area contributed by atoms with E-state index in [9.17, 15) is 9.59 Å². The van der Waals surface area contributed by atoms with Gasteiger partial charge in [-0.05, 0) is 41.6 Å². The smallest absolute Gasteiger partial charge is 0.264 e. The summed E-state index contributed by atoms with van der Waals surface area (Å²) in [5, 5.41) is 1.86. The van der Waals surface area contributed by atoms with Crippen molar-refractivity contribution in [2.24, 2.45) is 5.73 Å². The lowest BCUT2D eigenvalue weighted by molar-refractivity contribution is -0.118. The fourth-order valence-electron chi connectivity index (χ4n) is 1.97. The van der Waals surface area contributed by atoms with Crippen molar-refractivity contribution in [2.75, 3.05) is 12.3 Å². The van der Waals surface area contributed by atoms with Crippen molar-refractivity contribution in [1.82, 2.24) is 4.90 Å². The zero-order valence-corrected chi connectivity index (χ0v) is 12.5. The average molecular weight is 303 g/mol. The Kier molecular flexibility index (Phi) is 4.59. The van der Waals surface area contributed by atoms with Crippen LogP contribution in [0.2, 0.25) is 0 Å². The fraction of sp³-hybridized carbons (Fsp3) is 0.200. The van der Waals surface area contributed by atoms with Gasteiger partial charge in [-0.3, -0.25) is 9.59 Å². The van der Waals surface area contributed by atoms with Crippen molar-refractivity contribution in [1.29, 1.82) is 0 Å². The minimum atomic E-state index is -0.534. The normalized spacial score (nSPS) is 10.3. The number of nitrogens with two attached hydrogens (primary N) is 2. The van der Waals surface area contributed by atoms with E-state index in [2.05, 4.69) is 0 Å². The van der Waals surface area contributed by atoms with Gasteiger partial charge in [0.15, 0.2) is 0 Å². The van der Waals surface area contributed by atoms with E-state index in [1.165, 1.54) is 16.2 Å². The number of aryl methyl sites for hydroxylation is 1. The minimum Gasteiger partial charge on any atom is -0.399 e. The number of hydrogen-bond acceptors (Lipinski definition) is 4. The molecule has 0 aliphatic heterocycles. The molecule has 1 aromatic carbocycles. The van der Waals surface area contributed by atoms with Crippen molar-refractivity contribution in [2.45, 2.75) is 13.5 Å². The highest BCUT2D eigenvalue weighted by molar-refractivity contribution is 7.12. The lowest BCUT2D eigenvalue weighted by Gasteiger charge is -2.21. The summed E-state index contributed by atoms with van der Waals surface area (Å²) in [7, 11) is 0. The second-order valence-electron chi connectivity index (χ2n) is 4.80. The summed E-state index contributed by atoms with van der Waals surface area (Å²) in [6.07, 6.45) is 0. The number of carbonyl (C=O) groups excluding carboxylic acids is 2. The van der Waals surface area contributed by atoms with Crippen molar-refractivity contribution >= 4 is 28.8 Å². The molecule has 0 aliphatic rings. The van der Waals surface area contributed by atoms with E-state index in [4.69, 9.17) is 11.5 Å². The van der Waals surface area contributed by atoms with Crippen LogP contribution in [0.5, 0.6) is 0 Å². The van der Waals surface area contributed by atoms with E-state index in [1.807, 2.05) is 30.5 Å². The Morgan fingerprint density at radius 1 is 1.19 bits per heavy atom. The number of thiophene rings is 1. The number of anilines is 1. The number of carbonyl (C=O) groups is 2. The first-order valence-corrected chi connectivity index (χ1v) is 7.31. The topological polar surface area (TPSA) is 89.4 Å². The molecule has 5 nitrogen and oxygen atoms in total. The molecule has 1 heterocycles. The maximum absolute atomic E-state index is 12.5. The highest BCUT2D eigenvalue weighted by atomic mass is 32.1. The fourth-order valence-corrected chi connectivity index (χ4v) is 2.86. The van der Waals surface area contributed by atoms with E-state index >= 15 is 0 Å². The summed E-state index contributed by atoms with van der Waals surface area (Å²) in [5.74, 6) is -0.717. The second-order valence-corrected chi connectivity index (χ2v) is 5.72. The van der Waals surface area contributed by atoms with E-state index in [0.717, 1.165) is 11.1 Å². The van der Waals surface area contributed by atoms with E-state index in [0.29, 0.717) is 17.1 Å². The van der Waals surface area contributed by atoms with Crippen LogP contribution in [0.1, 0.15) is 20.8 Å². The first kappa shape index (κ1) is 15.1. The van der Waals surface area contributed by atoms with E-state index in [-0.39, 0.29) is 12.5 Å². The molecule has 2 aromatic rings. The first-order valence-electron chi connectivity index (χ1n) is 6.43. The quantitative estimate of drug-likeness (QED) is 0.825. The minimum absolute atomic E-state index is 0.111. The predicted molar refractivity (Wildman–Crippen MR) is 83.8 cm³/mol. The molecular formula is C15H17N3O2S. The van der Waals surface area contributed by atoms with Crippen molar-refractivity contribution in [3.8, 4) is 0 Å². The summed E-state index contributed by atoms with van der Waals surface area (Å²) >= 11 is 1.36. The van der Waals surface area contributed by atoms with Crippen LogP contribution in [0.15, 0.2) is 35.7 Å². The third-order valence-corrected chi connectivity index (χ3v) is 4.05. The molecule has 1 aromatic heterocycles. The number of hydrogen-bond donors (Lipinski definition) is 2. The molecule has 0 aliphatic carbocycles. The van der Waals surface area contributed by atoms with Gasteiger partial charge in [-0.15, -0.1) is 11.3 Å². The molecule has 0 bridgehead atoms. The number of nitrogen functional groups attached to an aromatic ring is 1. The summed E-state index contributed by atoms with van der Waals surface area (Å²) in [5.41, 5.74) is 13.3. The largest absolute Gasteiger partial charge is 0.399 e. The molecule has 110 valence electrons. The second kappa shape index (κ2) is 6.41. The van der Waals surface area contributed by atoms with Crippen LogP contribution in [-0.4, -0.2) is 23.3 Å². The first-order chi connectivity index (χ1) is 9.97. The van der Waals surface area contributed by atoms with E-state index in [1.54, 1.807) is 12.1 Å². The third kappa shape index (κ3) is 3.82. The number of benzene rings is 1. The summed E-state index contributed by atoms with van der Waals surface area (Å²) < 4.78 is 0. The van der Waals surface area contributed by atoms with Crippen LogP contribution in [0.25, 0.3) is 0 Å². The molecule has 0 saturated carbocycles. The molecule has 2 amide bonds. The van der Waals surface area contributed by atoms with Crippen molar-refractivity contribution < 1.29 is 9.59 Å². The Labute approximate surface area is 127 Å². The summed E-state index contributed by atoms with van der Waals surface area (Å²) in [6.45, 7) is 2.08. The summed E-state index contributed by atoms with van der Waals surface area (Å²) in [4.78, 5) is 25.8. The van der Waals surface area contributed by atoms with Gasteiger partial charge in [0.1, 0.15) is 6.54 Å². The molecule has 4 N–H and O–H groups in total. The predicted octanol–water partition coefficient (Wildman–Crippen LogP) is 1.77. The number of amides is 2. The van der Waals surface area contributed by atoms with Crippen LogP contribution < -0.4 is 11.5 Å². The zero-order chi connectivity index (χ0) is 15.4. The molecule has 0 spiro atoms. The Balaban J connectivity index is 2.22. The van der Waals surface area contributed by atoms with Crippen LogP contribution in [0, 0.1) is 6.92 Å². The van der Waals surface area contributed by atoms with Gasteiger partial charge in [-0.1, -0.05) is 12.1 Å². The number of rotatable bonds is 5. The average Bonchev–Trinajstić information content (AvgIpc) is 2.85. The van der Waals surface area contributed by atoms with Gasteiger partial charge in [0, 0.05) is 12.2 Å². The molecule has 6 heteroatoms. The van der Waals surface area contributed by atoms with Gasteiger partial charge < -0.3 is 16.4 Å². The molecule has 21 heavy (non-hydrogen) atoms. The van der Waals surface area contributed by atoms with Crippen LogP contribution in [-0.2, 0) is 11.3 Å². The van der Waals surface area contributed by atoms with Gasteiger partial charge in [0.2, 0.25) is 5.91 Å². The lowest BCUT2D eigenvalue weighted by atomic mass is 10.2. The highest BCUT2D eigenvalue weighted by Crippen LogP contribution is 2.19. The number of nitrogens with zero attached hydrogens (tertiary/aromatic N) is 1. The molecule has 0 radical (unpaired) electrons. The molecule has 0 unspecified atom stereocenters. The Morgan fingerprint density at radius 3 is 2.38 bits per heavy atom. The molecule has 0 saturated heterocycles. The zero-order valence-electron chi connectivity index (χ0n) is 11.7. The van der Waals surface area contributed by atoms with E-state index < -0.39 is 5.91 Å². The third-order valence-electron chi connectivity index (χ3n) is 3.04. The monoisotopic (exact) mass is 303 g/mol. The Morgan fingerprint density at radius 2 is 1.86 bits per heavy atom. The maximum atomic E-state index is 12.5. The van der Waals surface area contributed by atoms with Gasteiger partial charge in [-0.25, -0.2) is 0 Å². The van der Waals surface area contributed by atoms with Crippen LogP contribution in [0.3, 0.4) is 0 Å². The summed E-state index contributed by atoms with van der Waals surface area (Å²) in [6, 6.07) is 9.07. The van der Waals surface area contributed by atoms with Gasteiger partial charge >= 0.3 is 0 Å². The molecule has 0 fully saturated rings. The molecule has 2 rings (SSSR count). The Bertz CT molecular complexity index is 649. The van der Waals surface area contributed by atoms with Crippen LogP contribution in [0.4, 0.5) is 5.69 Å². The SMILES string of the molecule is Cc1ccsc1C(=O)N(CC(N)=O)Cc1ccc(N)cc1.